The Bertz CT molecular complexity index is 2070. The summed E-state index contributed by atoms with van der Waals surface area (Å²) in [5.41, 5.74) is 9.37. The normalized spacial score (nSPS) is 18.2. The first-order valence-electron chi connectivity index (χ1n) is 18.2. The van der Waals surface area contributed by atoms with Crippen LogP contribution in [-0.2, 0) is 32.2 Å². The van der Waals surface area contributed by atoms with E-state index >= 15 is 0 Å². The van der Waals surface area contributed by atoms with Crippen molar-refractivity contribution >= 4 is 5.69 Å². The molecule has 52 heavy (non-hydrogen) atoms. The molecule has 0 spiro atoms. The minimum Gasteiger partial charge on any atom is -0.493 e. The van der Waals surface area contributed by atoms with Crippen molar-refractivity contribution in [3.05, 3.63) is 130 Å². The Morgan fingerprint density at radius 1 is 0.673 bits per heavy atom. The highest BCUT2D eigenvalue weighted by Gasteiger charge is 2.34. The zero-order valence-corrected chi connectivity index (χ0v) is 30.7. The zero-order chi connectivity index (χ0) is 35.8. The van der Waals surface area contributed by atoms with Crippen LogP contribution in [0.5, 0.6) is 40.2 Å². The SMILES string of the molecule is COc1cc2c3cc1Oc1c(OC)c(OC)cc4c1[C@@H](Cc1ccc(NCc5ccccc5)c(c1)Oc1ccc(cc1)C[C@@H]3N(C)CC2)N(C)CC4. The second kappa shape index (κ2) is 14.4. The van der Waals surface area contributed by atoms with E-state index in [1.807, 2.05) is 6.07 Å². The van der Waals surface area contributed by atoms with Crippen LogP contribution in [0.15, 0.2) is 91.0 Å². The number of ether oxygens (including phenoxy) is 5. The first kappa shape index (κ1) is 33.9. The molecule has 0 aliphatic carbocycles. The van der Waals surface area contributed by atoms with Gasteiger partial charge in [0.25, 0.3) is 0 Å². The first-order chi connectivity index (χ1) is 25.4. The third-order valence-corrected chi connectivity index (χ3v) is 11.0. The number of hydrogen-bond donors (Lipinski definition) is 1. The van der Waals surface area contributed by atoms with Gasteiger partial charge >= 0.3 is 0 Å². The molecule has 0 fully saturated rings. The molecular formula is C44H47N3O5. The standard InChI is InChI=1S/C44H47N3O5/c1-46-19-17-31-24-39(48-3)40-26-34(31)36(46)21-28-11-14-33(15-12-28)51-38-23-30(13-16-35(38)45-27-29-9-7-6-8-10-29)22-37-42-32(18-20-47(37)2)25-41(49-4)43(50-5)44(42)52-40/h6-16,23-26,36-37,45H,17-22,27H2,1-5H3/t36-,37+/m0/s1. The molecule has 2 atom stereocenters. The van der Waals surface area contributed by atoms with E-state index in [0.29, 0.717) is 35.3 Å². The lowest BCUT2D eigenvalue weighted by molar-refractivity contribution is 0.220. The summed E-state index contributed by atoms with van der Waals surface area (Å²) in [6, 6.07) is 32.2. The molecule has 8 heteroatoms. The summed E-state index contributed by atoms with van der Waals surface area (Å²) in [6.45, 7) is 2.55. The van der Waals surface area contributed by atoms with Crippen LogP contribution in [0, 0.1) is 0 Å². The fourth-order valence-corrected chi connectivity index (χ4v) is 8.06. The minimum absolute atomic E-state index is 0.00444. The van der Waals surface area contributed by atoms with Crippen molar-refractivity contribution in [1.29, 1.82) is 0 Å². The van der Waals surface area contributed by atoms with E-state index in [4.69, 9.17) is 23.7 Å². The van der Waals surface area contributed by atoms with Crippen molar-refractivity contribution < 1.29 is 23.7 Å². The van der Waals surface area contributed by atoms with Crippen LogP contribution in [0.3, 0.4) is 0 Å². The van der Waals surface area contributed by atoms with Crippen LogP contribution >= 0.6 is 0 Å². The molecule has 4 heterocycles. The predicted molar refractivity (Wildman–Crippen MR) is 205 cm³/mol. The summed E-state index contributed by atoms with van der Waals surface area (Å²) in [7, 11) is 9.48. The lowest BCUT2D eigenvalue weighted by Gasteiger charge is -2.37. The maximum absolute atomic E-state index is 7.10. The maximum Gasteiger partial charge on any atom is 0.204 e. The van der Waals surface area contributed by atoms with Gasteiger partial charge in [-0.1, -0.05) is 48.5 Å². The first-order valence-corrected chi connectivity index (χ1v) is 18.2. The molecule has 5 aromatic rings. The average molecular weight is 698 g/mol. The number of nitrogens with one attached hydrogen (secondary N) is 1. The highest BCUT2D eigenvalue weighted by atomic mass is 16.5. The van der Waals surface area contributed by atoms with Crippen molar-refractivity contribution in [1.82, 2.24) is 9.80 Å². The van der Waals surface area contributed by atoms with Gasteiger partial charge in [0, 0.05) is 37.3 Å². The molecule has 9 rings (SSSR count). The summed E-state index contributed by atoms with van der Waals surface area (Å²) >= 11 is 0. The van der Waals surface area contributed by atoms with Crippen molar-refractivity contribution in [2.45, 2.75) is 44.3 Å². The Morgan fingerprint density at radius 3 is 2.12 bits per heavy atom. The third-order valence-electron chi connectivity index (χ3n) is 11.0. The van der Waals surface area contributed by atoms with Gasteiger partial charge < -0.3 is 29.0 Å². The lowest BCUT2D eigenvalue weighted by Crippen LogP contribution is -2.34. The molecule has 6 bridgehead atoms. The zero-order valence-electron chi connectivity index (χ0n) is 30.7. The molecule has 0 radical (unpaired) electrons. The summed E-state index contributed by atoms with van der Waals surface area (Å²) in [4.78, 5) is 4.85. The van der Waals surface area contributed by atoms with Gasteiger partial charge in [-0.15, -0.1) is 0 Å². The van der Waals surface area contributed by atoms with E-state index < -0.39 is 0 Å². The molecule has 1 N–H and O–H groups in total. The molecule has 0 saturated heterocycles. The van der Waals surface area contributed by atoms with Crippen LogP contribution in [-0.4, -0.2) is 58.3 Å². The second-order valence-corrected chi connectivity index (χ2v) is 14.1. The van der Waals surface area contributed by atoms with Gasteiger partial charge in [-0.05, 0) is 116 Å². The number of nitrogens with zero attached hydrogens (tertiary/aromatic N) is 2. The topological polar surface area (TPSA) is 64.7 Å². The highest BCUT2D eigenvalue weighted by Crippen LogP contribution is 2.52. The van der Waals surface area contributed by atoms with Gasteiger partial charge in [-0.25, -0.2) is 0 Å². The summed E-state index contributed by atoms with van der Waals surface area (Å²) in [6.07, 6.45) is 3.38. The van der Waals surface area contributed by atoms with Crippen molar-refractivity contribution in [2.75, 3.05) is 53.8 Å². The van der Waals surface area contributed by atoms with E-state index in [2.05, 4.69) is 114 Å². The van der Waals surface area contributed by atoms with E-state index in [1.165, 1.54) is 27.8 Å². The van der Waals surface area contributed by atoms with Gasteiger partial charge in [0.05, 0.1) is 27.0 Å². The predicted octanol–water partition coefficient (Wildman–Crippen LogP) is 8.77. The molecule has 268 valence electrons. The molecular weight excluding hydrogens is 650 g/mol. The number of rotatable bonds is 6. The molecule has 0 saturated carbocycles. The molecule has 4 aliphatic rings. The van der Waals surface area contributed by atoms with Gasteiger partial charge in [-0.3, -0.25) is 9.80 Å². The number of anilines is 1. The Hall–Kier alpha value is -5.18. The number of likely N-dealkylation sites (N-methyl/N-ethyl adjacent to an activating group) is 2. The van der Waals surface area contributed by atoms with E-state index in [9.17, 15) is 0 Å². The molecule has 0 unspecified atom stereocenters. The van der Waals surface area contributed by atoms with Crippen molar-refractivity contribution in [3.8, 4) is 40.2 Å². The molecule has 8 nitrogen and oxygen atoms in total. The number of fused-ring (bicyclic) bond motifs is 2. The Morgan fingerprint density at radius 2 is 1.37 bits per heavy atom. The fourth-order valence-electron chi connectivity index (χ4n) is 8.06. The van der Waals surface area contributed by atoms with Crippen LogP contribution in [0.25, 0.3) is 0 Å². The quantitative estimate of drug-likeness (QED) is 0.189. The molecule has 5 aromatic carbocycles. The van der Waals surface area contributed by atoms with Crippen molar-refractivity contribution in [2.24, 2.45) is 0 Å². The van der Waals surface area contributed by atoms with E-state index in [0.717, 1.165) is 67.1 Å². The number of hydrogen-bond acceptors (Lipinski definition) is 8. The minimum atomic E-state index is -0.00444. The van der Waals surface area contributed by atoms with Gasteiger partial charge in [0.2, 0.25) is 5.75 Å². The largest absolute Gasteiger partial charge is 0.493 e. The maximum atomic E-state index is 7.10. The molecule has 4 aliphatic heterocycles. The van der Waals surface area contributed by atoms with Gasteiger partial charge in [0.15, 0.2) is 28.7 Å². The van der Waals surface area contributed by atoms with E-state index in [1.54, 1.807) is 21.3 Å². The lowest BCUT2D eigenvalue weighted by atomic mass is 9.87. The smallest absolute Gasteiger partial charge is 0.204 e. The molecule has 0 aromatic heterocycles. The third kappa shape index (κ3) is 6.53. The average Bonchev–Trinajstić information content (AvgIpc) is 3.17. The summed E-state index contributed by atoms with van der Waals surface area (Å²) in [5.74, 6) is 4.88. The Balaban J connectivity index is 1.30. The number of benzene rings is 5. The van der Waals surface area contributed by atoms with Crippen LogP contribution in [0.1, 0.15) is 51.0 Å². The second-order valence-electron chi connectivity index (χ2n) is 14.1. The van der Waals surface area contributed by atoms with E-state index in [-0.39, 0.29) is 12.1 Å². The monoisotopic (exact) mass is 697 g/mol. The summed E-state index contributed by atoms with van der Waals surface area (Å²) < 4.78 is 31.9. The highest BCUT2D eigenvalue weighted by molar-refractivity contribution is 5.64. The summed E-state index contributed by atoms with van der Waals surface area (Å²) in [5, 5.41) is 3.64. The van der Waals surface area contributed by atoms with Crippen LogP contribution in [0.4, 0.5) is 5.69 Å². The van der Waals surface area contributed by atoms with Crippen LogP contribution < -0.4 is 29.0 Å². The number of methoxy groups -OCH3 is 3. The van der Waals surface area contributed by atoms with Crippen LogP contribution in [0.2, 0.25) is 0 Å². The Kier molecular flexibility index (Phi) is 9.43. The van der Waals surface area contributed by atoms with Crippen molar-refractivity contribution in [3.63, 3.8) is 0 Å². The molecule has 0 amide bonds. The fraction of sp³-hybridized carbons (Fsp3) is 0.318. The van der Waals surface area contributed by atoms with Gasteiger partial charge in [-0.2, -0.15) is 0 Å². The van der Waals surface area contributed by atoms with Gasteiger partial charge in [0.1, 0.15) is 5.75 Å². The Labute approximate surface area is 306 Å².